The number of nitrogens with zero attached hydrogens (tertiary/aromatic N) is 5. The van der Waals surface area contributed by atoms with Crippen molar-refractivity contribution in [2.75, 3.05) is 13.1 Å². The smallest absolute Gasteiger partial charge is 0.272 e. The van der Waals surface area contributed by atoms with Gasteiger partial charge in [-0.15, -0.1) is 10.2 Å². The van der Waals surface area contributed by atoms with Crippen molar-refractivity contribution in [3.05, 3.63) is 66.4 Å². The molecule has 26 heavy (non-hydrogen) atoms. The van der Waals surface area contributed by atoms with Crippen LogP contribution in [0.2, 0.25) is 0 Å². The standard InChI is InChI=1S/C19H19N5O2/c25-16-4-1-3-15(11-16)14-7-9-23(10-8-14)19(26)17-5-2-6-18(22-17)24-12-20-21-13-24/h1-6,11-14,25H,7-10H2. The number of carbonyl (C=O) groups is 1. The number of likely N-dealkylation sites (tertiary alicyclic amines) is 1. The van der Waals surface area contributed by atoms with Gasteiger partial charge < -0.3 is 10.0 Å². The minimum absolute atomic E-state index is 0.0608. The fraction of sp³-hybridized carbons (Fsp3) is 0.263. The molecule has 4 rings (SSSR count). The van der Waals surface area contributed by atoms with Crippen LogP contribution in [0.3, 0.4) is 0 Å². The van der Waals surface area contributed by atoms with Crippen molar-refractivity contribution in [3.8, 4) is 11.6 Å². The lowest BCUT2D eigenvalue weighted by molar-refractivity contribution is 0.0707. The van der Waals surface area contributed by atoms with E-state index in [-0.39, 0.29) is 11.7 Å². The first-order valence-electron chi connectivity index (χ1n) is 8.61. The Labute approximate surface area is 150 Å². The predicted molar refractivity (Wildman–Crippen MR) is 95.1 cm³/mol. The van der Waals surface area contributed by atoms with Crippen LogP contribution in [0.1, 0.15) is 34.8 Å². The highest BCUT2D eigenvalue weighted by Crippen LogP contribution is 2.30. The zero-order valence-electron chi connectivity index (χ0n) is 14.2. The van der Waals surface area contributed by atoms with Gasteiger partial charge in [0.25, 0.3) is 5.91 Å². The lowest BCUT2D eigenvalue weighted by Gasteiger charge is -2.32. The van der Waals surface area contributed by atoms with Gasteiger partial charge in [-0.05, 0) is 48.6 Å². The molecule has 1 aliphatic rings. The molecule has 2 aromatic heterocycles. The number of phenols is 1. The van der Waals surface area contributed by atoms with Crippen LogP contribution in [0.15, 0.2) is 55.1 Å². The van der Waals surface area contributed by atoms with E-state index in [2.05, 4.69) is 15.2 Å². The Morgan fingerprint density at radius 3 is 2.50 bits per heavy atom. The largest absolute Gasteiger partial charge is 0.508 e. The van der Waals surface area contributed by atoms with Crippen LogP contribution in [0.4, 0.5) is 0 Å². The topological polar surface area (TPSA) is 84.1 Å². The van der Waals surface area contributed by atoms with E-state index in [0.717, 1.165) is 18.4 Å². The highest BCUT2D eigenvalue weighted by Gasteiger charge is 2.25. The third kappa shape index (κ3) is 3.28. The summed E-state index contributed by atoms with van der Waals surface area (Å²) in [5.41, 5.74) is 1.55. The third-order valence-electron chi connectivity index (χ3n) is 4.76. The van der Waals surface area contributed by atoms with Gasteiger partial charge in [-0.2, -0.15) is 0 Å². The first-order valence-corrected chi connectivity index (χ1v) is 8.61. The van der Waals surface area contributed by atoms with Gasteiger partial charge in [0.05, 0.1) is 0 Å². The highest BCUT2D eigenvalue weighted by atomic mass is 16.3. The Morgan fingerprint density at radius 2 is 1.77 bits per heavy atom. The maximum Gasteiger partial charge on any atom is 0.272 e. The molecule has 3 heterocycles. The van der Waals surface area contributed by atoms with E-state index in [9.17, 15) is 9.90 Å². The van der Waals surface area contributed by atoms with Crippen molar-refractivity contribution >= 4 is 5.91 Å². The van der Waals surface area contributed by atoms with E-state index >= 15 is 0 Å². The number of amides is 1. The predicted octanol–water partition coefficient (Wildman–Crippen LogP) is 2.39. The summed E-state index contributed by atoms with van der Waals surface area (Å²) in [6.07, 6.45) is 4.86. The molecule has 0 spiro atoms. The van der Waals surface area contributed by atoms with Gasteiger partial charge >= 0.3 is 0 Å². The number of aromatic hydroxyl groups is 1. The molecule has 0 aliphatic carbocycles. The number of hydrogen-bond acceptors (Lipinski definition) is 5. The summed E-state index contributed by atoms with van der Waals surface area (Å²) in [4.78, 5) is 19.1. The summed E-state index contributed by atoms with van der Waals surface area (Å²) in [5.74, 6) is 1.21. The molecule has 1 fully saturated rings. The minimum atomic E-state index is -0.0608. The van der Waals surface area contributed by atoms with Crippen molar-refractivity contribution in [2.24, 2.45) is 0 Å². The molecule has 1 saturated heterocycles. The number of benzene rings is 1. The van der Waals surface area contributed by atoms with E-state index in [1.54, 1.807) is 29.4 Å². The summed E-state index contributed by atoms with van der Waals surface area (Å²) in [7, 11) is 0. The molecular weight excluding hydrogens is 330 g/mol. The van der Waals surface area contributed by atoms with E-state index < -0.39 is 0 Å². The first kappa shape index (κ1) is 16.3. The Kier molecular flexibility index (Phi) is 4.35. The van der Waals surface area contributed by atoms with Crippen LogP contribution in [0.5, 0.6) is 5.75 Å². The van der Waals surface area contributed by atoms with Crippen molar-refractivity contribution in [3.63, 3.8) is 0 Å². The molecule has 132 valence electrons. The van der Waals surface area contributed by atoms with Crippen LogP contribution in [0.25, 0.3) is 5.82 Å². The molecule has 7 heteroatoms. The van der Waals surface area contributed by atoms with Crippen LogP contribution in [-0.4, -0.2) is 48.8 Å². The number of pyridine rings is 1. The van der Waals surface area contributed by atoms with Gasteiger partial charge in [-0.25, -0.2) is 4.98 Å². The van der Waals surface area contributed by atoms with Crippen molar-refractivity contribution in [1.29, 1.82) is 0 Å². The van der Waals surface area contributed by atoms with E-state index in [1.807, 2.05) is 35.2 Å². The number of aromatic nitrogens is 4. The summed E-state index contributed by atoms with van der Waals surface area (Å²) < 4.78 is 1.67. The zero-order chi connectivity index (χ0) is 17.9. The summed E-state index contributed by atoms with van der Waals surface area (Å²) in [6.45, 7) is 1.36. The van der Waals surface area contributed by atoms with E-state index in [0.29, 0.717) is 30.5 Å². The van der Waals surface area contributed by atoms with Gasteiger partial charge in [-0.1, -0.05) is 18.2 Å². The third-order valence-corrected chi connectivity index (χ3v) is 4.76. The molecule has 0 atom stereocenters. The lowest BCUT2D eigenvalue weighted by atomic mass is 9.89. The number of phenolic OH excluding ortho intramolecular Hbond substituents is 1. The van der Waals surface area contributed by atoms with Crippen LogP contribution < -0.4 is 0 Å². The van der Waals surface area contributed by atoms with Crippen LogP contribution in [0, 0.1) is 0 Å². The SMILES string of the molecule is O=C(c1cccc(-n2cnnc2)n1)N1CCC(c2cccc(O)c2)CC1. The molecule has 0 radical (unpaired) electrons. The monoisotopic (exact) mass is 349 g/mol. The number of hydrogen-bond donors (Lipinski definition) is 1. The molecule has 1 amide bonds. The second-order valence-electron chi connectivity index (χ2n) is 6.41. The summed E-state index contributed by atoms with van der Waals surface area (Å²) >= 11 is 0. The van der Waals surface area contributed by atoms with E-state index in [4.69, 9.17) is 0 Å². The summed E-state index contributed by atoms with van der Waals surface area (Å²) in [5, 5.41) is 17.2. The lowest BCUT2D eigenvalue weighted by Crippen LogP contribution is -2.38. The van der Waals surface area contributed by atoms with Crippen LogP contribution >= 0.6 is 0 Å². The molecule has 3 aromatic rings. The molecule has 1 N–H and O–H groups in total. The second-order valence-corrected chi connectivity index (χ2v) is 6.41. The maximum absolute atomic E-state index is 12.8. The Bertz CT molecular complexity index is 902. The average molecular weight is 349 g/mol. The highest BCUT2D eigenvalue weighted by molar-refractivity contribution is 5.92. The van der Waals surface area contributed by atoms with Gasteiger partial charge in [0, 0.05) is 13.1 Å². The van der Waals surface area contributed by atoms with Crippen molar-refractivity contribution in [1.82, 2.24) is 24.6 Å². The second kappa shape index (κ2) is 6.95. The van der Waals surface area contributed by atoms with Gasteiger partial charge in [-0.3, -0.25) is 9.36 Å². The van der Waals surface area contributed by atoms with Crippen molar-refractivity contribution in [2.45, 2.75) is 18.8 Å². The molecule has 1 aromatic carbocycles. The number of rotatable bonds is 3. The fourth-order valence-corrected chi connectivity index (χ4v) is 3.36. The fourth-order valence-electron chi connectivity index (χ4n) is 3.36. The van der Waals surface area contributed by atoms with Crippen molar-refractivity contribution < 1.29 is 9.90 Å². The molecule has 1 aliphatic heterocycles. The Hall–Kier alpha value is -3.22. The van der Waals surface area contributed by atoms with Crippen LogP contribution in [-0.2, 0) is 0 Å². The van der Waals surface area contributed by atoms with Gasteiger partial charge in [0.1, 0.15) is 29.9 Å². The van der Waals surface area contributed by atoms with E-state index in [1.165, 1.54) is 0 Å². The number of carbonyl (C=O) groups excluding carboxylic acids is 1. The molecular formula is C19H19N5O2. The molecule has 0 unspecified atom stereocenters. The number of piperidine rings is 1. The first-order chi connectivity index (χ1) is 12.7. The molecule has 7 nitrogen and oxygen atoms in total. The summed E-state index contributed by atoms with van der Waals surface area (Å²) in [6, 6.07) is 12.7. The average Bonchev–Trinajstić information content (AvgIpc) is 3.23. The van der Waals surface area contributed by atoms with Gasteiger partial charge in [0.15, 0.2) is 0 Å². The molecule has 0 bridgehead atoms. The minimum Gasteiger partial charge on any atom is -0.508 e. The normalized spacial score (nSPS) is 15.2. The Morgan fingerprint density at radius 1 is 1.04 bits per heavy atom. The quantitative estimate of drug-likeness (QED) is 0.785. The molecule has 0 saturated carbocycles. The Balaban J connectivity index is 1.45. The van der Waals surface area contributed by atoms with Gasteiger partial charge in [0.2, 0.25) is 0 Å². The zero-order valence-corrected chi connectivity index (χ0v) is 14.2. The maximum atomic E-state index is 12.8.